The van der Waals surface area contributed by atoms with Crippen molar-refractivity contribution in [1.82, 2.24) is 20.5 Å². The fourth-order valence-electron chi connectivity index (χ4n) is 2.40. The standard InChI is InChI=1S/C12H22N4O/c1-3-13-8-11-6-4-5-7-16(11)9-12-10(2)14-17-15-12/h11,13H,3-9H2,1-2H3. The second-order valence-corrected chi connectivity index (χ2v) is 4.72. The third-order valence-electron chi connectivity index (χ3n) is 3.48. The maximum atomic E-state index is 4.76. The van der Waals surface area contributed by atoms with Crippen LogP contribution in [0.4, 0.5) is 0 Å². The van der Waals surface area contributed by atoms with Gasteiger partial charge in [0.05, 0.1) is 0 Å². The lowest BCUT2D eigenvalue weighted by atomic mass is 10.0. The average molecular weight is 238 g/mol. The van der Waals surface area contributed by atoms with Crippen molar-refractivity contribution in [2.75, 3.05) is 19.6 Å². The first-order valence-electron chi connectivity index (χ1n) is 6.54. The molecule has 2 rings (SSSR count). The highest BCUT2D eigenvalue weighted by Crippen LogP contribution is 2.19. The molecular formula is C12H22N4O. The summed E-state index contributed by atoms with van der Waals surface area (Å²) in [6.07, 6.45) is 3.90. The van der Waals surface area contributed by atoms with E-state index in [1.54, 1.807) is 0 Å². The van der Waals surface area contributed by atoms with E-state index in [4.69, 9.17) is 4.63 Å². The predicted molar refractivity (Wildman–Crippen MR) is 65.6 cm³/mol. The van der Waals surface area contributed by atoms with E-state index in [0.717, 1.165) is 37.6 Å². The van der Waals surface area contributed by atoms with Crippen LogP contribution in [0.5, 0.6) is 0 Å². The third kappa shape index (κ3) is 3.26. The molecule has 1 N–H and O–H groups in total. The smallest absolute Gasteiger partial charge is 0.122 e. The van der Waals surface area contributed by atoms with Crippen molar-refractivity contribution < 1.29 is 4.63 Å². The molecule has 1 aliphatic heterocycles. The van der Waals surface area contributed by atoms with E-state index in [9.17, 15) is 0 Å². The topological polar surface area (TPSA) is 54.2 Å². The second-order valence-electron chi connectivity index (χ2n) is 4.72. The summed E-state index contributed by atoms with van der Waals surface area (Å²) in [7, 11) is 0. The first kappa shape index (κ1) is 12.5. The number of likely N-dealkylation sites (N-methyl/N-ethyl adjacent to an activating group) is 1. The summed E-state index contributed by atoms with van der Waals surface area (Å²) in [6, 6.07) is 0.625. The summed E-state index contributed by atoms with van der Waals surface area (Å²) in [6.45, 7) is 8.23. The van der Waals surface area contributed by atoms with Gasteiger partial charge in [0.2, 0.25) is 0 Å². The van der Waals surface area contributed by atoms with Crippen molar-refractivity contribution >= 4 is 0 Å². The zero-order chi connectivity index (χ0) is 12.1. The molecule has 1 fully saturated rings. The molecule has 1 aromatic rings. The highest BCUT2D eigenvalue weighted by molar-refractivity contribution is 5.04. The van der Waals surface area contributed by atoms with E-state index < -0.39 is 0 Å². The van der Waals surface area contributed by atoms with Gasteiger partial charge in [-0.05, 0) is 32.9 Å². The summed E-state index contributed by atoms with van der Waals surface area (Å²) < 4.78 is 4.76. The number of piperidine rings is 1. The van der Waals surface area contributed by atoms with Crippen LogP contribution in [-0.2, 0) is 6.54 Å². The summed E-state index contributed by atoms with van der Waals surface area (Å²) in [5, 5.41) is 11.3. The van der Waals surface area contributed by atoms with E-state index in [1.807, 2.05) is 6.92 Å². The molecule has 1 unspecified atom stereocenters. The molecule has 1 atom stereocenters. The van der Waals surface area contributed by atoms with Gasteiger partial charge in [0.1, 0.15) is 11.4 Å². The Balaban J connectivity index is 1.94. The largest absolute Gasteiger partial charge is 0.315 e. The summed E-state index contributed by atoms with van der Waals surface area (Å²) in [4.78, 5) is 2.50. The summed E-state index contributed by atoms with van der Waals surface area (Å²) >= 11 is 0. The Morgan fingerprint density at radius 2 is 2.29 bits per heavy atom. The van der Waals surface area contributed by atoms with Gasteiger partial charge in [0.25, 0.3) is 0 Å². The van der Waals surface area contributed by atoms with Gasteiger partial charge in [-0.2, -0.15) is 0 Å². The Labute approximate surface area is 103 Å². The van der Waals surface area contributed by atoms with Crippen molar-refractivity contribution in [3.05, 3.63) is 11.4 Å². The molecule has 1 saturated heterocycles. The number of likely N-dealkylation sites (tertiary alicyclic amines) is 1. The van der Waals surface area contributed by atoms with Gasteiger partial charge < -0.3 is 5.32 Å². The first-order chi connectivity index (χ1) is 8.31. The molecule has 0 amide bonds. The molecule has 96 valence electrons. The Kier molecular flexibility index (Phi) is 4.50. The van der Waals surface area contributed by atoms with Gasteiger partial charge in [0.15, 0.2) is 0 Å². The van der Waals surface area contributed by atoms with Crippen molar-refractivity contribution in [1.29, 1.82) is 0 Å². The fourth-order valence-corrected chi connectivity index (χ4v) is 2.40. The third-order valence-corrected chi connectivity index (χ3v) is 3.48. The molecule has 1 aromatic heterocycles. The summed E-state index contributed by atoms with van der Waals surface area (Å²) in [5.41, 5.74) is 1.89. The Morgan fingerprint density at radius 1 is 1.41 bits per heavy atom. The van der Waals surface area contributed by atoms with E-state index >= 15 is 0 Å². The van der Waals surface area contributed by atoms with Gasteiger partial charge in [-0.25, -0.2) is 4.63 Å². The molecule has 0 aromatic carbocycles. The van der Waals surface area contributed by atoms with Crippen LogP contribution in [0.2, 0.25) is 0 Å². The Bertz CT molecular complexity index is 339. The number of aromatic nitrogens is 2. The molecule has 0 radical (unpaired) electrons. The van der Waals surface area contributed by atoms with Crippen LogP contribution < -0.4 is 5.32 Å². The quantitative estimate of drug-likeness (QED) is 0.839. The molecule has 5 heteroatoms. The first-order valence-corrected chi connectivity index (χ1v) is 6.54. The lowest BCUT2D eigenvalue weighted by molar-refractivity contribution is 0.134. The minimum atomic E-state index is 0.625. The molecule has 0 bridgehead atoms. The number of hydrogen-bond donors (Lipinski definition) is 1. The van der Waals surface area contributed by atoms with Crippen LogP contribution in [0, 0.1) is 6.92 Å². The highest BCUT2D eigenvalue weighted by atomic mass is 16.6. The van der Waals surface area contributed by atoms with E-state index in [1.165, 1.54) is 19.3 Å². The van der Waals surface area contributed by atoms with E-state index in [2.05, 4.69) is 27.5 Å². The Hall–Kier alpha value is -0.940. The highest BCUT2D eigenvalue weighted by Gasteiger charge is 2.23. The van der Waals surface area contributed by atoms with Crippen LogP contribution in [0.25, 0.3) is 0 Å². The molecule has 2 heterocycles. The van der Waals surface area contributed by atoms with Gasteiger partial charge in [-0.3, -0.25) is 4.90 Å². The molecule has 0 aliphatic carbocycles. The molecule has 0 spiro atoms. The zero-order valence-electron chi connectivity index (χ0n) is 10.8. The molecule has 17 heavy (non-hydrogen) atoms. The maximum absolute atomic E-state index is 4.76. The van der Waals surface area contributed by atoms with E-state index in [0.29, 0.717) is 6.04 Å². The molecule has 0 saturated carbocycles. The molecular weight excluding hydrogens is 216 g/mol. The number of rotatable bonds is 5. The van der Waals surface area contributed by atoms with Gasteiger partial charge in [0, 0.05) is 19.1 Å². The molecule has 1 aliphatic rings. The van der Waals surface area contributed by atoms with Crippen LogP contribution >= 0.6 is 0 Å². The van der Waals surface area contributed by atoms with Gasteiger partial charge in [-0.15, -0.1) is 0 Å². The van der Waals surface area contributed by atoms with Crippen molar-refractivity contribution in [3.8, 4) is 0 Å². The van der Waals surface area contributed by atoms with Crippen LogP contribution in [0.15, 0.2) is 4.63 Å². The van der Waals surface area contributed by atoms with Crippen molar-refractivity contribution in [2.24, 2.45) is 0 Å². The lowest BCUT2D eigenvalue weighted by Crippen LogP contribution is -2.45. The number of aryl methyl sites for hydroxylation is 1. The fraction of sp³-hybridized carbons (Fsp3) is 0.833. The maximum Gasteiger partial charge on any atom is 0.122 e. The number of nitrogens with zero attached hydrogens (tertiary/aromatic N) is 3. The summed E-state index contributed by atoms with van der Waals surface area (Å²) in [5.74, 6) is 0. The van der Waals surface area contributed by atoms with Crippen molar-refractivity contribution in [2.45, 2.75) is 45.7 Å². The second kappa shape index (κ2) is 6.12. The zero-order valence-corrected chi connectivity index (χ0v) is 10.8. The van der Waals surface area contributed by atoms with Gasteiger partial charge >= 0.3 is 0 Å². The van der Waals surface area contributed by atoms with Gasteiger partial charge in [-0.1, -0.05) is 23.7 Å². The normalized spacial score (nSPS) is 21.9. The van der Waals surface area contributed by atoms with Crippen LogP contribution in [-0.4, -0.2) is 40.9 Å². The molecule has 5 nitrogen and oxygen atoms in total. The Morgan fingerprint density at radius 3 is 3.00 bits per heavy atom. The SMILES string of the molecule is CCNCC1CCCCN1Cc1nonc1C. The van der Waals surface area contributed by atoms with Crippen LogP contribution in [0.3, 0.4) is 0 Å². The minimum absolute atomic E-state index is 0.625. The van der Waals surface area contributed by atoms with E-state index in [-0.39, 0.29) is 0 Å². The number of nitrogens with one attached hydrogen (secondary N) is 1. The lowest BCUT2D eigenvalue weighted by Gasteiger charge is -2.35. The minimum Gasteiger partial charge on any atom is -0.315 e. The van der Waals surface area contributed by atoms with Crippen LogP contribution in [0.1, 0.15) is 37.6 Å². The van der Waals surface area contributed by atoms with Crippen molar-refractivity contribution in [3.63, 3.8) is 0 Å². The predicted octanol–water partition coefficient (Wildman–Crippen LogP) is 1.34. The monoisotopic (exact) mass is 238 g/mol. The average Bonchev–Trinajstić information content (AvgIpc) is 2.74. The number of hydrogen-bond acceptors (Lipinski definition) is 5.